The van der Waals surface area contributed by atoms with Crippen molar-refractivity contribution in [2.75, 3.05) is 7.11 Å². The number of nitrogens with one attached hydrogen (secondary N) is 1. The Balaban J connectivity index is 2.07. The molecule has 138 valence electrons. The molecule has 1 atom stereocenters. The van der Waals surface area contributed by atoms with Crippen LogP contribution in [0.1, 0.15) is 11.1 Å². The lowest BCUT2D eigenvalue weighted by molar-refractivity contribution is -0.172. The Morgan fingerprint density at radius 2 is 1.54 bits per heavy atom. The summed E-state index contributed by atoms with van der Waals surface area (Å²) >= 11 is 0. The van der Waals surface area contributed by atoms with E-state index in [0.717, 1.165) is 7.11 Å². The third kappa shape index (κ3) is 5.27. The van der Waals surface area contributed by atoms with E-state index in [4.69, 9.17) is 4.74 Å². The summed E-state index contributed by atoms with van der Waals surface area (Å²) in [6, 6.07) is 15.3. The van der Waals surface area contributed by atoms with E-state index >= 15 is 0 Å². The Morgan fingerprint density at radius 1 is 1.00 bits per heavy atom. The van der Waals surface area contributed by atoms with E-state index in [0.29, 0.717) is 11.1 Å². The van der Waals surface area contributed by atoms with Gasteiger partial charge in [-0.15, -0.1) is 0 Å². The number of carbonyl (C=O) groups is 2. The van der Waals surface area contributed by atoms with Gasteiger partial charge in [-0.05, 0) is 17.5 Å². The summed E-state index contributed by atoms with van der Waals surface area (Å²) < 4.78 is 37.8. The molecule has 0 bridgehead atoms. The molecule has 0 heterocycles. The third-order valence-corrected chi connectivity index (χ3v) is 3.68. The van der Waals surface area contributed by atoms with E-state index in [1.165, 1.54) is 0 Å². The number of benzene rings is 2. The number of rotatable bonds is 7. The molecule has 5 nitrogen and oxygen atoms in total. The van der Waals surface area contributed by atoms with Crippen LogP contribution in [0, 0.1) is 0 Å². The fourth-order valence-corrected chi connectivity index (χ4v) is 2.31. The summed E-state index contributed by atoms with van der Waals surface area (Å²) in [6.07, 6.45) is -1.30. The Hall–Kier alpha value is -2.96. The first-order valence-corrected chi connectivity index (χ1v) is 7.91. The molecule has 0 aliphatic heterocycles. The average molecular weight is 363 g/mol. The van der Waals surface area contributed by atoms with Crippen molar-refractivity contribution < 1.29 is 27.8 Å². The molecule has 0 fully saturated rings. The van der Waals surface area contributed by atoms with Gasteiger partial charge in [0.1, 0.15) is 12.6 Å². The molecule has 2 rings (SSSR count). The van der Waals surface area contributed by atoms with Crippen molar-refractivity contribution in [2.24, 2.45) is 0 Å². The molecule has 2 aromatic rings. The Kier molecular flexibility index (Phi) is 6.66. The smallest absolute Gasteiger partial charge is 0.407 e. The van der Waals surface area contributed by atoms with Crippen LogP contribution in [0.25, 0.3) is 0 Å². The largest absolute Gasteiger partial charge is 0.465 e. The van der Waals surface area contributed by atoms with Crippen LogP contribution in [0.15, 0.2) is 60.7 Å². The molecule has 1 N–H and O–H groups in total. The summed E-state index contributed by atoms with van der Waals surface area (Å²) in [7, 11) is 0.865. The Labute approximate surface area is 149 Å². The van der Waals surface area contributed by atoms with Crippen LogP contribution in [0.5, 0.6) is 0 Å². The van der Waals surface area contributed by atoms with Gasteiger partial charge in [0.05, 0.1) is 7.11 Å². The van der Waals surface area contributed by atoms with Crippen LogP contribution in [-0.2, 0) is 27.3 Å². The zero-order valence-electron chi connectivity index (χ0n) is 14.2. The van der Waals surface area contributed by atoms with Gasteiger partial charge in [-0.25, -0.2) is 9.59 Å². The molecule has 0 unspecified atom stereocenters. The zero-order chi connectivity index (χ0) is 19.0. The van der Waals surface area contributed by atoms with E-state index in [-0.39, 0.29) is 13.0 Å². The molecule has 7 heteroatoms. The maximum atomic E-state index is 14.3. The average Bonchev–Trinajstić information content (AvgIpc) is 2.66. The number of alkyl carbamates (subject to hydrolysis) is 1. The number of esters is 1. The van der Waals surface area contributed by atoms with Gasteiger partial charge in [0, 0.05) is 0 Å². The first kappa shape index (κ1) is 19.4. The minimum absolute atomic E-state index is 0.0749. The number of halogens is 2. The van der Waals surface area contributed by atoms with Crippen LogP contribution < -0.4 is 5.32 Å². The fraction of sp³-hybridized carbons (Fsp3) is 0.263. The molecule has 0 aliphatic carbocycles. The summed E-state index contributed by atoms with van der Waals surface area (Å²) in [4.78, 5) is 23.4. The summed E-state index contributed by atoms with van der Waals surface area (Å²) in [5, 5.41) is 2.08. The molecule has 0 aromatic heterocycles. The van der Waals surface area contributed by atoms with E-state index in [2.05, 4.69) is 10.1 Å². The van der Waals surface area contributed by atoms with Crippen molar-refractivity contribution in [2.45, 2.75) is 25.0 Å². The van der Waals surface area contributed by atoms with Crippen LogP contribution in [0.3, 0.4) is 0 Å². The van der Waals surface area contributed by atoms with Gasteiger partial charge in [0.25, 0.3) is 0 Å². The number of hydrogen-bond acceptors (Lipinski definition) is 4. The second kappa shape index (κ2) is 8.94. The van der Waals surface area contributed by atoms with Gasteiger partial charge < -0.3 is 14.8 Å². The van der Waals surface area contributed by atoms with Crippen molar-refractivity contribution in [3.8, 4) is 0 Å². The van der Waals surface area contributed by atoms with Crippen molar-refractivity contribution in [3.63, 3.8) is 0 Å². The maximum Gasteiger partial charge on any atom is 0.407 e. The predicted molar refractivity (Wildman–Crippen MR) is 90.7 cm³/mol. The number of methoxy groups -OCH3 is 1. The number of hydrogen-bond donors (Lipinski definition) is 1. The standard InChI is InChI=1S/C19H19F2NO4/c1-25-17(23)19(20,21)16(12-14-8-4-2-5-9-14)22-18(24)26-13-15-10-6-3-7-11-15/h2-11,16H,12-13H2,1H3,(H,22,24)/t16-/m0/s1. The lowest BCUT2D eigenvalue weighted by Crippen LogP contribution is -2.53. The third-order valence-electron chi connectivity index (χ3n) is 3.68. The van der Waals surface area contributed by atoms with Crippen LogP contribution in [-0.4, -0.2) is 31.1 Å². The molecule has 0 spiro atoms. The van der Waals surface area contributed by atoms with Crippen molar-refractivity contribution in [3.05, 3.63) is 71.8 Å². The van der Waals surface area contributed by atoms with Crippen LogP contribution in [0.2, 0.25) is 0 Å². The first-order chi connectivity index (χ1) is 12.4. The predicted octanol–water partition coefficient (Wildman–Crippen LogP) is 3.33. The normalized spacial score (nSPS) is 12.1. The number of alkyl halides is 2. The second-order valence-electron chi connectivity index (χ2n) is 5.56. The van der Waals surface area contributed by atoms with Gasteiger partial charge in [-0.2, -0.15) is 8.78 Å². The minimum Gasteiger partial charge on any atom is -0.465 e. The second-order valence-corrected chi connectivity index (χ2v) is 5.56. The summed E-state index contributed by atoms with van der Waals surface area (Å²) in [5.41, 5.74) is 1.24. The topological polar surface area (TPSA) is 64.6 Å². The van der Waals surface area contributed by atoms with Gasteiger partial charge in [0.2, 0.25) is 0 Å². The highest BCUT2D eigenvalue weighted by Gasteiger charge is 2.49. The molecular formula is C19H19F2NO4. The van der Waals surface area contributed by atoms with Gasteiger partial charge in [-0.1, -0.05) is 60.7 Å². The minimum atomic E-state index is -3.91. The van der Waals surface area contributed by atoms with E-state index in [1.807, 2.05) is 0 Å². The highest BCUT2D eigenvalue weighted by Crippen LogP contribution is 2.24. The van der Waals surface area contributed by atoms with Crippen molar-refractivity contribution in [1.82, 2.24) is 5.32 Å². The molecule has 1 amide bonds. The van der Waals surface area contributed by atoms with E-state index in [1.54, 1.807) is 60.7 Å². The summed E-state index contributed by atoms with van der Waals surface area (Å²) in [5.74, 6) is -5.63. The molecule has 2 aromatic carbocycles. The Bertz CT molecular complexity index is 723. The molecule has 0 aliphatic rings. The van der Waals surface area contributed by atoms with Crippen molar-refractivity contribution in [1.29, 1.82) is 0 Å². The summed E-state index contributed by atoms with van der Waals surface area (Å²) in [6.45, 7) is -0.0749. The number of carbonyl (C=O) groups excluding carboxylic acids is 2. The lowest BCUT2D eigenvalue weighted by atomic mass is 10.0. The highest BCUT2D eigenvalue weighted by molar-refractivity contribution is 5.80. The van der Waals surface area contributed by atoms with Gasteiger partial charge in [0.15, 0.2) is 0 Å². The molecule has 26 heavy (non-hydrogen) atoms. The molecule has 0 radical (unpaired) electrons. The molecule has 0 saturated carbocycles. The lowest BCUT2D eigenvalue weighted by Gasteiger charge is -2.25. The van der Waals surface area contributed by atoms with Crippen LogP contribution >= 0.6 is 0 Å². The number of ether oxygens (including phenoxy) is 2. The quantitative estimate of drug-likeness (QED) is 0.767. The van der Waals surface area contributed by atoms with Gasteiger partial charge in [-0.3, -0.25) is 0 Å². The number of amides is 1. The van der Waals surface area contributed by atoms with Crippen molar-refractivity contribution >= 4 is 12.1 Å². The highest BCUT2D eigenvalue weighted by atomic mass is 19.3. The molecular weight excluding hydrogens is 344 g/mol. The maximum absolute atomic E-state index is 14.3. The SMILES string of the molecule is COC(=O)C(F)(F)[C@H](Cc1ccccc1)NC(=O)OCc1ccccc1. The van der Waals surface area contributed by atoms with E-state index in [9.17, 15) is 18.4 Å². The molecule has 0 saturated heterocycles. The van der Waals surface area contributed by atoms with E-state index < -0.39 is 24.0 Å². The van der Waals surface area contributed by atoms with Gasteiger partial charge >= 0.3 is 18.0 Å². The Morgan fingerprint density at radius 3 is 2.08 bits per heavy atom. The monoisotopic (exact) mass is 363 g/mol. The zero-order valence-corrected chi connectivity index (χ0v) is 14.2. The first-order valence-electron chi connectivity index (χ1n) is 7.91. The fourth-order valence-electron chi connectivity index (χ4n) is 2.31. The van der Waals surface area contributed by atoms with Crippen LogP contribution in [0.4, 0.5) is 13.6 Å².